The standard InChI is InChI=1S/C35H43N3O6/c1-24-32(22-38-18-16-37(17-19-38)21-27-8-5-4-6-9-27)43-35(44-33(24)29-14-12-28(23-39)13-15-29)30-10-7-11-31(20-30)36-34(41)25(2)42-26(3)40/h4-15,20,24-25,32-33,35,39H,16-19,21-23H2,1-3H3,(H,36,41). The Bertz CT molecular complexity index is 1380. The molecule has 2 aliphatic rings. The smallest absolute Gasteiger partial charge is 0.303 e. The van der Waals surface area contributed by atoms with Crippen LogP contribution in [0.3, 0.4) is 0 Å². The summed E-state index contributed by atoms with van der Waals surface area (Å²) in [5.74, 6) is -0.857. The first-order valence-corrected chi connectivity index (χ1v) is 15.4. The molecule has 0 saturated carbocycles. The fourth-order valence-electron chi connectivity index (χ4n) is 5.86. The van der Waals surface area contributed by atoms with Crippen molar-refractivity contribution in [3.05, 3.63) is 101 Å². The van der Waals surface area contributed by atoms with Crippen molar-refractivity contribution in [3.63, 3.8) is 0 Å². The molecule has 0 radical (unpaired) electrons. The van der Waals surface area contributed by atoms with Gasteiger partial charge >= 0.3 is 5.97 Å². The average Bonchev–Trinajstić information content (AvgIpc) is 3.03. The molecule has 2 aliphatic heterocycles. The van der Waals surface area contributed by atoms with Crippen LogP contribution in [0.15, 0.2) is 78.9 Å². The third kappa shape index (κ3) is 8.31. The van der Waals surface area contributed by atoms with E-state index in [0.717, 1.165) is 56.0 Å². The van der Waals surface area contributed by atoms with Crippen LogP contribution in [0, 0.1) is 5.92 Å². The summed E-state index contributed by atoms with van der Waals surface area (Å²) in [5.41, 5.74) is 4.55. The molecule has 3 aromatic rings. The zero-order chi connectivity index (χ0) is 31.1. The third-order valence-electron chi connectivity index (χ3n) is 8.41. The van der Waals surface area contributed by atoms with E-state index in [1.807, 2.05) is 42.5 Å². The number of ether oxygens (including phenoxy) is 3. The lowest BCUT2D eigenvalue weighted by Crippen LogP contribution is -2.51. The number of benzene rings is 3. The molecule has 44 heavy (non-hydrogen) atoms. The summed E-state index contributed by atoms with van der Waals surface area (Å²) in [6.07, 6.45) is -1.89. The topological polar surface area (TPSA) is 101 Å². The van der Waals surface area contributed by atoms with Gasteiger partial charge in [0.2, 0.25) is 0 Å². The number of carbonyl (C=O) groups is 2. The number of nitrogens with one attached hydrogen (secondary N) is 1. The number of piperazine rings is 1. The Labute approximate surface area is 259 Å². The molecule has 2 heterocycles. The summed E-state index contributed by atoms with van der Waals surface area (Å²) >= 11 is 0. The molecule has 2 saturated heterocycles. The van der Waals surface area contributed by atoms with E-state index < -0.39 is 24.3 Å². The number of hydrogen-bond acceptors (Lipinski definition) is 8. The van der Waals surface area contributed by atoms with Crippen LogP contribution in [-0.4, -0.2) is 71.7 Å². The fourth-order valence-corrected chi connectivity index (χ4v) is 5.86. The normalized spacial score (nSPS) is 23.5. The Balaban J connectivity index is 1.30. The van der Waals surface area contributed by atoms with Crippen molar-refractivity contribution in [2.45, 2.75) is 58.5 Å². The van der Waals surface area contributed by atoms with Gasteiger partial charge in [0.1, 0.15) is 0 Å². The van der Waals surface area contributed by atoms with Crippen molar-refractivity contribution in [2.24, 2.45) is 5.92 Å². The van der Waals surface area contributed by atoms with Crippen molar-refractivity contribution in [3.8, 4) is 0 Å². The van der Waals surface area contributed by atoms with Crippen LogP contribution in [0.2, 0.25) is 0 Å². The highest BCUT2D eigenvalue weighted by Gasteiger charge is 2.39. The van der Waals surface area contributed by atoms with Gasteiger partial charge in [-0.1, -0.05) is 73.7 Å². The maximum absolute atomic E-state index is 12.6. The van der Waals surface area contributed by atoms with Gasteiger partial charge in [-0.25, -0.2) is 0 Å². The second-order valence-electron chi connectivity index (χ2n) is 11.8. The quantitative estimate of drug-likeness (QED) is 0.323. The highest BCUT2D eigenvalue weighted by Crippen LogP contribution is 2.42. The Morgan fingerprint density at radius 3 is 2.30 bits per heavy atom. The molecule has 5 unspecified atom stereocenters. The molecule has 9 heteroatoms. The first-order chi connectivity index (χ1) is 21.3. The second kappa shape index (κ2) is 14.9. The molecule has 5 rings (SSSR count). The number of carbonyl (C=O) groups excluding carboxylic acids is 2. The molecule has 0 spiro atoms. The van der Waals surface area contributed by atoms with Gasteiger partial charge in [0.15, 0.2) is 12.4 Å². The molecule has 9 nitrogen and oxygen atoms in total. The number of nitrogens with zero attached hydrogens (tertiary/aromatic N) is 2. The van der Waals surface area contributed by atoms with E-state index in [-0.39, 0.29) is 24.7 Å². The first-order valence-electron chi connectivity index (χ1n) is 15.4. The Kier molecular flexibility index (Phi) is 10.8. The van der Waals surface area contributed by atoms with Gasteiger partial charge in [-0.3, -0.25) is 19.4 Å². The number of amides is 1. The Hall–Kier alpha value is -3.60. The van der Waals surface area contributed by atoms with E-state index in [9.17, 15) is 14.7 Å². The largest absolute Gasteiger partial charge is 0.453 e. The molecule has 2 fully saturated rings. The van der Waals surface area contributed by atoms with Gasteiger partial charge in [0.05, 0.1) is 18.8 Å². The number of aliphatic hydroxyl groups is 1. The van der Waals surface area contributed by atoms with E-state index in [1.165, 1.54) is 19.4 Å². The van der Waals surface area contributed by atoms with Crippen molar-refractivity contribution in [1.82, 2.24) is 9.80 Å². The number of hydrogen-bond donors (Lipinski definition) is 2. The van der Waals surface area contributed by atoms with E-state index in [2.05, 4.69) is 52.4 Å². The van der Waals surface area contributed by atoms with Crippen molar-refractivity contribution >= 4 is 17.6 Å². The maximum Gasteiger partial charge on any atom is 0.303 e. The summed E-state index contributed by atoms with van der Waals surface area (Å²) in [5, 5.41) is 12.4. The second-order valence-corrected chi connectivity index (χ2v) is 11.8. The number of anilines is 1. The first kappa shape index (κ1) is 31.8. The SMILES string of the molecule is CC(=O)OC(C)C(=O)Nc1cccc(C2OC(CN3CCN(Cc4ccccc4)CC3)C(C)C(c3ccc(CO)cc3)O2)c1. The summed E-state index contributed by atoms with van der Waals surface area (Å²) in [4.78, 5) is 28.9. The lowest BCUT2D eigenvalue weighted by molar-refractivity contribution is -0.276. The zero-order valence-electron chi connectivity index (χ0n) is 25.7. The summed E-state index contributed by atoms with van der Waals surface area (Å²) in [7, 11) is 0. The highest BCUT2D eigenvalue weighted by atomic mass is 16.7. The van der Waals surface area contributed by atoms with Crippen LogP contribution in [0.25, 0.3) is 0 Å². The van der Waals surface area contributed by atoms with Crippen LogP contribution < -0.4 is 5.32 Å². The zero-order valence-corrected chi connectivity index (χ0v) is 25.7. The molecule has 2 N–H and O–H groups in total. The van der Waals surface area contributed by atoms with Crippen LogP contribution >= 0.6 is 0 Å². The summed E-state index contributed by atoms with van der Waals surface area (Å²) in [6, 6.07) is 25.9. The fraction of sp³-hybridized carbons (Fsp3) is 0.429. The van der Waals surface area contributed by atoms with Gasteiger partial charge in [-0.15, -0.1) is 0 Å². The molecule has 0 aliphatic carbocycles. The summed E-state index contributed by atoms with van der Waals surface area (Å²) in [6.45, 7) is 10.6. The van der Waals surface area contributed by atoms with Gasteiger partial charge in [0, 0.05) is 63.4 Å². The number of rotatable bonds is 10. The molecule has 1 amide bonds. The lowest BCUT2D eigenvalue weighted by Gasteiger charge is -2.44. The van der Waals surface area contributed by atoms with E-state index in [1.54, 1.807) is 6.07 Å². The molecule has 3 aromatic carbocycles. The van der Waals surface area contributed by atoms with Crippen molar-refractivity contribution in [2.75, 3.05) is 38.0 Å². The minimum Gasteiger partial charge on any atom is -0.453 e. The van der Waals surface area contributed by atoms with Crippen molar-refractivity contribution in [1.29, 1.82) is 0 Å². The van der Waals surface area contributed by atoms with Crippen molar-refractivity contribution < 1.29 is 28.9 Å². The Morgan fingerprint density at radius 1 is 0.909 bits per heavy atom. The minimum atomic E-state index is -0.914. The number of aliphatic hydroxyl groups excluding tert-OH is 1. The van der Waals surface area contributed by atoms with Gasteiger partial charge < -0.3 is 24.6 Å². The van der Waals surface area contributed by atoms with Gasteiger partial charge in [0.25, 0.3) is 5.91 Å². The maximum atomic E-state index is 12.6. The monoisotopic (exact) mass is 601 g/mol. The van der Waals surface area contributed by atoms with E-state index in [4.69, 9.17) is 14.2 Å². The molecule has 0 bridgehead atoms. The predicted molar refractivity (Wildman–Crippen MR) is 167 cm³/mol. The van der Waals surface area contributed by atoms with Crippen LogP contribution in [0.4, 0.5) is 5.69 Å². The van der Waals surface area contributed by atoms with Gasteiger partial charge in [-0.05, 0) is 35.7 Å². The van der Waals surface area contributed by atoms with Gasteiger partial charge in [-0.2, -0.15) is 0 Å². The third-order valence-corrected chi connectivity index (χ3v) is 8.41. The molecular formula is C35H43N3O6. The van der Waals surface area contributed by atoms with E-state index in [0.29, 0.717) is 5.69 Å². The molecule has 234 valence electrons. The van der Waals surface area contributed by atoms with Crippen LogP contribution in [0.5, 0.6) is 0 Å². The molecule has 0 aromatic heterocycles. The summed E-state index contributed by atoms with van der Waals surface area (Å²) < 4.78 is 18.3. The molecule has 5 atom stereocenters. The highest BCUT2D eigenvalue weighted by molar-refractivity contribution is 5.95. The predicted octanol–water partition coefficient (Wildman–Crippen LogP) is 4.68. The number of esters is 1. The Morgan fingerprint density at radius 2 is 1.61 bits per heavy atom. The van der Waals surface area contributed by atoms with E-state index >= 15 is 0 Å². The lowest BCUT2D eigenvalue weighted by atomic mass is 9.90. The van der Waals surface area contributed by atoms with Crippen LogP contribution in [-0.2, 0) is 37.0 Å². The average molecular weight is 602 g/mol. The van der Waals surface area contributed by atoms with Crippen LogP contribution in [0.1, 0.15) is 55.4 Å². The molecular weight excluding hydrogens is 558 g/mol. The minimum absolute atomic E-state index is 0.0133.